The summed E-state index contributed by atoms with van der Waals surface area (Å²) in [4.78, 5) is 4.55. The molecule has 0 aliphatic carbocycles. The predicted molar refractivity (Wildman–Crippen MR) is 86.8 cm³/mol. The zero-order valence-electron chi connectivity index (χ0n) is 13.7. The van der Waals surface area contributed by atoms with Gasteiger partial charge in [-0.05, 0) is 52.4 Å². The van der Waals surface area contributed by atoms with E-state index >= 15 is 0 Å². The Balaban J connectivity index is 2.22. The van der Waals surface area contributed by atoms with E-state index in [2.05, 4.69) is 55.1 Å². The summed E-state index contributed by atoms with van der Waals surface area (Å²) in [7, 11) is 4.15. The molecule has 0 bridgehead atoms. The van der Waals surface area contributed by atoms with Gasteiger partial charge in [-0.2, -0.15) is 0 Å². The normalized spacial score (nSPS) is 27.8. The van der Waals surface area contributed by atoms with Crippen molar-refractivity contribution in [3.05, 3.63) is 35.9 Å². The van der Waals surface area contributed by atoms with Gasteiger partial charge >= 0.3 is 0 Å². The lowest BCUT2D eigenvalue weighted by molar-refractivity contribution is -0.0430. The van der Waals surface area contributed by atoms with Crippen LogP contribution in [0.2, 0.25) is 0 Å². The van der Waals surface area contributed by atoms with E-state index in [1.807, 2.05) is 6.07 Å². The van der Waals surface area contributed by atoms with Crippen molar-refractivity contribution in [2.24, 2.45) is 11.7 Å². The van der Waals surface area contributed by atoms with Crippen LogP contribution in [0.4, 0.5) is 0 Å². The van der Waals surface area contributed by atoms with Crippen LogP contribution in [0.15, 0.2) is 30.3 Å². The van der Waals surface area contributed by atoms with Crippen LogP contribution in [-0.4, -0.2) is 53.9 Å². The van der Waals surface area contributed by atoms with Crippen molar-refractivity contribution in [2.75, 3.05) is 27.2 Å². The molecule has 4 unspecified atom stereocenters. The molecule has 1 fully saturated rings. The minimum absolute atomic E-state index is 0.0184. The van der Waals surface area contributed by atoms with Crippen LogP contribution in [0.3, 0.4) is 0 Å². The number of rotatable bonds is 5. The second-order valence-corrected chi connectivity index (χ2v) is 6.81. The molecule has 21 heavy (non-hydrogen) atoms. The number of hydrogen-bond donors (Lipinski definition) is 2. The molecule has 1 aromatic carbocycles. The molecule has 0 amide bonds. The van der Waals surface area contributed by atoms with Gasteiger partial charge in [0.1, 0.15) is 5.72 Å². The third-order valence-corrected chi connectivity index (χ3v) is 4.54. The van der Waals surface area contributed by atoms with Crippen LogP contribution in [0.25, 0.3) is 0 Å². The van der Waals surface area contributed by atoms with E-state index in [0.29, 0.717) is 5.92 Å². The topological polar surface area (TPSA) is 52.7 Å². The molecule has 4 heteroatoms. The number of nitrogens with two attached hydrogens (primary N) is 1. The maximum atomic E-state index is 10.5. The van der Waals surface area contributed by atoms with Gasteiger partial charge in [0.05, 0.1) is 6.04 Å². The molecule has 4 nitrogen and oxygen atoms in total. The van der Waals surface area contributed by atoms with Crippen LogP contribution in [-0.2, 0) is 0 Å². The maximum Gasteiger partial charge on any atom is 0.126 e. The van der Waals surface area contributed by atoms with E-state index in [-0.39, 0.29) is 12.1 Å². The average Bonchev–Trinajstić information content (AvgIpc) is 2.81. The highest BCUT2D eigenvalue weighted by Crippen LogP contribution is 2.36. The molecular weight excluding hydrogens is 262 g/mol. The van der Waals surface area contributed by atoms with Crippen molar-refractivity contribution in [3.8, 4) is 0 Å². The van der Waals surface area contributed by atoms with Crippen molar-refractivity contribution in [1.29, 1.82) is 0 Å². The van der Waals surface area contributed by atoms with Crippen LogP contribution >= 0.6 is 0 Å². The molecule has 0 aromatic heterocycles. The van der Waals surface area contributed by atoms with E-state index in [4.69, 9.17) is 5.73 Å². The lowest BCUT2D eigenvalue weighted by Gasteiger charge is -2.40. The van der Waals surface area contributed by atoms with Gasteiger partial charge in [0.25, 0.3) is 0 Å². The van der Waals surface area contributed by atoms with E-state index in [9.17, 15) is 5.11 Å². The second-order valence-electron chi connectivity index (χ2n) is 6.81. The molecule has 1 aromatic rings. The van der Waals surface area contributed by atoms with Gasteiger partial charge in [0.15, 0.2) is 0 Å². The van der Waals surface area contributed by atoms with E-state index < -0.39 is 5.72 Å². The van der Waals surface area contributed by atoms with Gasteiger partial charge < -0.3 is 15.7 Å². The third-order valence-electron chi connectivity index (χ3n) is 4.54. The van der Waals surface area contributed by atoms with E-state index in [1.54, 1.807) is 6.92 Å². The Morgan fingerprint density at radius 3 is 2.52 bits per heavy atom. The summed E-state index contributed by atoms with van der Waals surface area (Å²) in [5.74, 6) is 0.395. The molecule has 0 radical (unpaired) electrons. The number of hydrogen-bond acceptors (Lipinski definition) is 4. The SMILES string of the molecule is CC(c1ccccc1)N1CCC(CN(C)C)C1C(C)(N)O. The molecule has 1 saturated heterocycles. The van der Waals surface area contributed by atoms with Gasteiger partial charge in [0.2, 0.25) is 0 Å². The second kappa shape index (κ2) is 6.44. The molecule has 3 N–H and O–H groups in total. The molecule has 4 atom stereocenters. The first kappa shape index (κ1) is 16.4. The Labute approximate surface area is 128 Å². The Morgan fingerprint density at radius 2 is 2.00 bits per heavy atom. The summed E-state index contributed by atoms with van der Waals surface area (Å²) in [6, 6.07) is 10.7. The first-order chi connectivity index (χ1) is 9.80. The van der Waals surface area contributed by atoms with Gasteiger partial charge in [0, 0.05) is 12.6 Å². The highest BCUT2D eigenvalue weighted by Gasteiger charge is 2.45. The number of likely N-dealkylation sites (tertiary alicyclic amines) is 1. The van der Waals surface area contributed by atoms with Gasteiger partial charge in [-0.15, -0.1) is 0 Å². The molecule has 0 spiro atoms. The number of aliphatic hydroxyl groups is 1. The van der Waals surface area contributed by atoms with Crippen molar-refractivity contribution in [3.63, 3.8) is 0 Å². The van der Waals surface area contributed by atoms with E-state index in [0.717, 1.165) is 19.5 Å². The highest BCUT2D eigenvalue weighted by atomic mass is 16.3. The van der Waals surface area contributed by atoms with Gasteiger partial charge in [-0.1, -0.05) is 30.3 Å². The van der Waals surface area contributed by atoms with Crippen LogP contribution in [0.1, 0.15) is 31.9 Å². The fourth-order valence-corrected chi connectivity index (χ4v) is 3.71. The quantitative estimate of drug-likeness (QED) is 0.810. The molecular formula is C17H29N3O. The van der Waals surface area contributed by atoms with Gasteiger partial charge in [-0.3, -0.25) is 4.90 Å². The minimum Gasteiger partial charge on any atom is -0.375 e. The molecule has 1 heterocycles. The fraction of sp³-hybridized carbons (Fsp3) is 0.647. The van der Waals surface area contributed by atoms with Crippen molar-refractivity contribution in [2.45, 2.75) is 38.1 Å². The standard InChI is InChI=1S/C17H29N3O/c1-13(14-8-6-5-7-9-14)20-11-10-15(12-19(3)4)16(20)17(2,18)21/h5-9,13,15-16,21H,10-12,18H2,1-4H3. The first-order valence-corrected chi connectivity index (χ1v) is 7.77. The minimum atomic E-state index is -1.18. The number of benzene rings is 1. The summed E-state index contributed by atoms with van der Waals surface area (Å²) in [6.07, 6.45) is 1.08. The zero-order chi connectivity index (χ0) is 15.6. The molecule has 1 aliphatic rings. The fourth-order valence-electron chi connectivity index (χ4n) is 3.71. The molecule has 1 aliphatic heterocycles. The lowest BCUT2D eigenvalue weighted by atomic mass is 9.91. The summed E-state index contributed by atoms with van der Waals surface area (Å²) >= 11 is 0. The molecule has 0 saturated carbocycles. The van der Waals surface area contributed by atoms with Crippen molar-refractivity contribution >= 4 is 0 Å². The third kappa shape index (κ3) is 3.83. The first-order valence-electron chi connectivity index (χ1n) is 7.77. The monoisotopic (exact) mass is 291 g/mol. The average molecular weight is 291 g/mol. The van der Waals surface area contributed by atoms with Crippen LogP contribution in [0.5, 0.6) is 0 Å². The lowest BCUT2D eigenvalue weighted by Crippen LogP contribution is -2.58. The Kier molecular flexibility index (Phi) is 5.04. The molecule has 118 valence electrons. The van der Waals surface area contributed by atoms with Gasteiger partial charge in [-0.25, -0.2) is 0 Å². The summed E-state index contributed by atoms with van der Waals surface area (Å²) in [6.45, 7) is 5.87. The van der Waals surface area contributed by atoms with Crippen LogP contribution in [0, 0.1) is 5.92 Å². The Morgan fingerprint density at radius 1 is 1.38 bits per heavy atom. The smallest absolute Gasteiger partial charge is 0.126 e. The number of nitrogens with zero attached hydrogens (tertiary/aromatic N) is 2. The van der Waals surface area contributed by atoms with E-state index in [1.165, 1.54) is 5.56 Å². The van der Waals surface area contributed by atoms with Crippen molar-refractivity contribution in [1.82, 2.24) is 9.80 Å². The zero-order valence-corrected chi connectivity index (χ0v) is 13.7. The summed E-state index contributed by atoms with van der Waals surface area (Å²) in [5, 5.41) is 10.5. The summed E-state index contributed by atoms with van der Waals surface area (Å²) in [5.41, 5.74) is 6.20. The van der Waals surface area contributed by atoms with Crippen LogP contribution < -0.4 is 5.73 Å². The predicted octanol–water partition coefficient (Wildman–Crippen LogP) is 1.67. The highest BCUT2D eigenvalue weighted by molar-refractivity contribution is 5.19. The largest absolute Gasteiger partial charge is 0.375 e. The Bertz CT molecular complexity index is 441. The summed E-state index contributed by atoms with van der Waals surface area (Å²) < 4.78 is 0. The molecule has 2 rings (SSSR count). The Hall–Kier alpha value is -0.940. The van der Waals surface area contributed by atoms with Crippen molar-refractivity contribution < 1.29 is 5.11 Å². The maximum absolute atomic E-state index is 10.5.